The lowest BCUT2D eigenvalue weighted by Crippen LogP contribution is -2.27. The SMILES string of the molecule is Nc1ccc(SCC2CCC(=O)N2)cn1. The summed E-state index contributed by atoms with van der Waals surface area (Å²) in [5.41, 5.74) is 5.49. The molecule has 1 aromatic heterocycles. The van der Waals surface area contributed by atoms with Gasteiger partial charge in [0, 0.05) is 29.3 Å². The normalized spacial score (nSPS) is 20.3. The minimum Gasteiger partial charge on any atom is -0.384 e. The van der Waals surface area contributed by atoms with Crippen molar-refractivity contribution in [2.75, 3.05) is 11.5 Å². The number of pyridine rings is 1. The van der Waals surface area contributed by atoms with Gasteiger partial charge in [0.15, 0.2) is 0 Å². The van der Waals surface area contributed by atoms with Crippen LogP contribution in [-0.2, 0) is 4.79 Å². The monoisotopic (exact) mass is 223 g/mol. The molecule has 5 heteroatoms. The van der Waals surface area contributed by atoms with Gasteiger partial charge in [-0.25, -0.2) is 4.98 Å². The van der Waals surface area contributed by atoms with Crippen molar-refractivity contribution >= 4 is 23.5 Å². The summed E-state index contributed by atoms with van der Waals surface area (Å²) in [4.78, 5) is 16.1. The lowest BCUT2D eigenvalue weighted by Gasteiger charge is -2.08. The minimum absolute atomic E-state index is 0.163. The van der Waals surface area contributed by atoms with Gasteiger partial charge in [0.1, 0.15) is 5.82 Å². The molecule has 80 valence electrons. The van der Waals surface area contributed by atoms with Gasteiger partial charge < -0.3 is 11.1 Å². The fourth-order valence-electron chi connectivity index (χ4n) is 1.48. The Balaban J connectivity index is 1.83. The molecule has 1 aromatic rings. The molecule has 0 radical (unpaired) electrons. The molecule has 1 atom stereocenters. The van der Waals surface area contributed by atoms with Gasteiger partial charge >= 0.3 is 0 Å². The smallest absolute Gasteiger partial charge is 0.220 e. The molecule has 0 spiro atoms. The van der Waals surface area contributed by atoms with Crippen molar-refractivity contribution in [3.8, 4) is 0 Å². The third-order valence-electron chi connectivity index (χ3n) is 2.30. The average molecular weight is 223 g/mol. The number of anilines is 1. The summed E-state index contributed by atoms with van der Waals surface area (Å²) in [7, 11) is 0. The number of hydrogen-bond donors (Lipinski definition) is 2. The molecule has 1 saturated heterocycles. The maximum absolute atomic E-state index is 11.0. The quantitative estimate of drug-likeness (QED) is 0.751. The summed E-state index contributed by atoms with van der Waals surface area (Å²) in [6.45, 7) is 0. The predicted molar refractivity (Wildman–Crippen MR) is 60.5 cm³/mol. The highest BCUT2D eigenvalue weighted by Crippen LogP contribution is 2.21. The molecular formula is C10H13N3OS. The average Bonchev–Trinajstić information content (AvgIpc) is 2.64. The first-order chi connectivity index (χ1) is 7.24. The van der Waals surface area contributed by atoms with Crippen molar-refractivity contribution in [2.45, 2.75) is 23.8 Å². The number of rotatable bonds is 3. The third kappa shape index (κ3) is 2.86. The Hall–Kier alpha value is -1.23. The fraction of sp³-hybridized carbons (Fsp3) is 0.400. The Labute approximate surface area is 92.6 Å². The zero-order valence-corrected chi connectivity index (χ0v) is 9.09. The van der Waals surface area contributed by atoms with Crippen LogP contribution in [0.1, 0.15) is 12.8 Å². The molecule has 1 aliphatic heterocycles. The largest absolute Gasteiger partial charge is 0.384 e. The standard InChI is InChI=1S/C10H13N3OS/c11-9-3-2-8(5-12-9)15-6-7-1-4-10(14)13-7/h2-3,5,7H,1,4,6H2,(H2,11,12)(H,13,14). The van der Waals surface area contributed by atoms with Gasteiger partial charge in [0.05, 0.1) is 0 Å². The second-order valence-corrected chi connectivity index (χ2v) is 4.63. The molecule has 0 saturated carbocycles. The summed E-state index contributed by atoms with van der Waals surface area (Å²) in [5, 5.41) is 2.93. The molecule has 1 aliphatic rings. The fourth-order valence-corrected chi connectivity index (χ4v) is 2.41. The van der Waals surface area contributed by atoms with Gasteiger partial charge in [-0.2, -0.15) is 0 Å². The maximum atomic E-state index is 11.0. The van der Waals surface area contributed by atoms with E-state index >= 15 is 0 Å². The second kappa shape index (κ2) is 4.53. The van der Waals surface area contributed by atoms with E-state index in [1.807, 2.05) is 6.07 Å². The van der Waals surface area contributed by atoms with E-state index in [0.717, 1.165) is 17.1 Å². The Kier molecular flexibility index (Phi) is 3.11. The Morgan fingerprint density at radius 2 is 2.47 bits per heavy atom. The number of thioether (sulfide) groups is 1. The van der Waals surface area contributed by atoms with Crippen molar-refractivity contribution in [1.29, 1.82) is 0 Å². The molecular weight excluding hydrogens is 210 g/mol. The predicted octanol–water partition coefficient (Wildman–Crippen LogP) is 1.03. The van der Waals surface area contributed by atoms with E-state index in [2.05, 4.69) is 10.3 Å². The summed E-state index contributed by atoms with van der Waals surface area (Å²) in [6.07, 6.45) is 3.36. The number of nitrogens with two attached hydrogens (primary N) is 1. The summed E-state index contributed by atoms with van der Waals surface area (Å²) < 4.78 is 0. The third-order valence-corrected chi connectivity index (χ3v) is 3.44. The summed E-state index contributed by atoms with van der Waals surface area (Å²) in [5.74, 6) is 1.60. The number of nitrogen functional groups attached to an aromatic ring is 1. The van der Waals surface area contributed by atoms with Gasteiger partial charge in [-0.1, -0.05) is 0 Å². The number of nitrogens with zero attached hydrogens (tertiary/aromatic N) is 1. The van der Waals surface area contributed by atoms with E-state index < -0.39 is 0 Å². The number of nitrogens with one attached hydrogen (secondary N) is 1. The number of hydrogen-bond acceptors (Lipinski definition) is 4. The maximum Gasteiger partial charge on any atom is 0.220 e. The van der Waals surface area contributed by atoms with Crippen LogP contribution in [0.3, 0.4) is 0 Å². The number of amides is 1. The van der Waals surface area contributed by atoms with Crippen molar-refractivity contribution in [1.82, 2.24) is 10.3 Å². The highest BCUT2D eigenvalue weighted by molar-refractivity contribution is 7.99. The molecule has 4 nitrogen and oxygen atoms in total. The molecule has 2 rings (SSSR count). The highest BCUT2D eigenvalue weighted by atomic mass is 32.2. The van der Waals surface area contributed by atoms with Crippen LogP contribution in [0, 0.1) is 0 Å². The van der Waals surface area contributed by atoms with E-state index in [1.54, 1.807) is 24.0 Å². The van der Waals surface area contributed by atoms with Gasteiger partial charge in [-0.05, 0) is 18.6 Å². The van der Waals surface area contributed by atoms with Crippen molar-refractivity contribution < 1.29 is 4.79 Å². The van der Waals surface area contributed by atoms with E-state index in [1.165, 1.54) is 0 Å². The molecule has 2 heterocycles. The highest BCUT2D eigenvalue weighted by Gasteiger charge is 2.20. The Bertz CT molecular complexity index is 352. The summed E-state index contributed by atoms with van der Waals surface area (Å²) >= 11 is 1.70. The molecule has 0 aliphatic carbocycles. The Morgan fingerprint density at radius 1 is 1.60 bits per heavy atom. The molecule has 3 N–H and O–H groups in total. The molecule has 0 bridgehead atoms. The van der Waals surface area contributed by atoms with Crippen LogP contribution >= 0.6 is 11.8 Å². The van der Waals surface area contributed by atoms with E-state index in [0.29, 0.717) is 18.3 Å². The summed E-state index contributed by atoms with van der Waals surface area (Å²) in [6, 6.07) is 4.04. The van der Waals surface area contributed by atoms with E-state index in [-0.39, 0.29) is 5.91 Å². The lowest BCUT2D eigenvalue weighted by molar-refractivity contribution is -0.119. The van der Waals surface area contributed by atoms with E-state index in [9.17, 15) is 4.79 Å². The molecule has 0 aromatic carbocycles. The van der Waals surface area contributed by atoms with Crippen molar-refractivity contribution in [3.63, 3.8) is 0 Å². The van der Waals surface area contributed by atoms with Crippen LogP contribution in [0.25, 0.3) is 0 Å². The van der Waals surface area contributed by atoms with Crippen molar-refractivity contribution in [2.24, 2.45) is 0 Å². The topological polar surface area (TPSA) is 68.0 Å². The first-order valence-electron chi connectivity index (χ1n) is 4.88. The first-order valence-corrected chi connectivity index (χ1v) is 5.86. The molecule has 15 heavy (non-hydrogen) atoms. The number of carbonyl (C=O) groups is 1. The first kappa shape index (κ1) is 10.3. The van der Waals surface area contributed by atoms with Gasteiger partial charge in [0.25, 0.3) is 0 Å². The van der Waals surface area contributed by atoms with Crippen LogP contribution in [0.4, 0.5) is 5.82 Å². The zero-order chi connectivity index (χ0) is 10.7. The lowest BCUT2D eigenvalue weighted by atomic mass is 10.2. The second-order valence-electron chi connectivity index (χ2n) is 3.53. The van der Waals surface area contributed by atoms with Crippen LogP contribution in [0.5, 0.6) is 0 Å². The molecule has 1 amide bonds. The van der Waals surface area contributed by atoms with Crippen LogP contribution in [0.2, 0.25) is 0 Å². The van der Waals surface area contributed by atoms with Crippen LogP contribution < -0.4 is 11.1 Å². The van der Waals surface area contributed by atoms with E-state index in [4.69, 9.17) is 5.73 Å². The molecule has 1 unspecified atom stereocenters. The number of aromatic nitrogens is 1. The van der Waals surface area contributed by atoms with Crippen LogP contribution in [-0.4, -0.2) is 22.7 Å². The zero-order valence-electron chi connectivity index (χ0n) is 8.27. The van der Waals surface area contributed by atoms with Gasteiger partial charge in [-0.15, -0.1) is 11.8 Å². The van der Waals surface area contributed by atoms with Gasteiger partial charge in [-0.3, -0.25) is 4.79 Å². The molecule has 1 fully saturated rings. The minimum atomic E-state index is 0.163. The number of carbonyl (C=O) groups excluding carboxylic acids is 1. The van der Waals surface area contributed by atoms with Crippen LogP contribution in [0.15, 0.2) is 23.2 Å². The van der Waals surface area contributed by atoms with Crippen molar-refractivity contribution in [3.05, 3.63) is 18.3 Å². The Morgan fingerprint density at radius 3 is 3.07 bits per heavy atom. The van der Waals surface area contributed by atoms with Gasteiger partial charge in [0.2, 0.25) is 5.91 Å².